The Morgan fingerprint density at radius 3 is 2.23 bits per heavy atom. The topological polar surface area (TPSA) is 120 Å². The van der Waals surface area contributed by atoms with Gasteiger partial charge in [0.15, 0.2) is 0 Å². The number of aromatic amines is 1. The van der Waals surface area contributed by atoms with Crippen molar-refractivity contribution in [2.75, 3.05) is 23.3 Å². The van der Waals surface area contributed by atoms with Gasteiger partial charge < -0.3 is 15.3 Å². The third-order valence-corrected chi connectivity index (χ3v) is 5.75. The van der Waals surface area contributed by atoms with Crippen molar-refractivity contribution in [1.82, 2.24) is 9.78 Å². The number of carboxylic acids is 1. The quantitative estimate of drug-likeness (QED) is 0.452. The monoisotopic (exact) mass is 473 g/mol. The number of carbonyl (C=O) groups is 2. The number of nitrogens with zero attached hydrogens (tertiary/aromatic N) is 3. The Morgan fingerprint density at radius 2 is 1.66 bits per heavy atom. The van der Waals surface area contributed by atoms with Crippen LogP contribution in [0.3, 0.4) is 0 Å². The van der Waals surface area contributed by atoms with Crippen LogP contribution in [-0.2, 0) is 4.79 Å². The van der Waals surface area contributed by atoms with Gasteiger partial charge in [-0.15, -0.1) is 0 Å². The lowest BCUT2D eigenvalue weighted by molar-refractivity contribution is -0.110. The lowest BCUT2D eigenvalue weighted by Gasteiger charge is -2.23. The van der Waals surface area contributed by atoms with Crippen molar-refractivity contribution in [1.29, 1.82) is 0 Å². The van der Waals surface area contributed by atoms with Crippen LogP contribution in [0.25, 0.3) is 11.3 Å². The second-order valence-electron chi connectivity index (χ2n) is 8.25. The van der Waals surface area contributed by atoms with E-state index < -0.39 is 17.4 Å². The maximum Gasteiger partial charge on any atom is 0.335 e. The zero-order valence-corrected chi connectivity index (χ0v) is 19.7. The Labute approximate surface area is 202 Å². The van der Waals surface area contributed by atoms with E-state index in [1.807, 2.05) is 24.3 Å². The number of anilines is 2. The fourth-order valence-electron chi connectivity index (χ4n) is 4.07. The van der Waals surface area contributed by atoms with E-state index in [1.165, 1.54) is 28.9 Å². The van der Waals surface area contributed by atoms with Gasteiger partial charge in [-0.3, -0.25) is 14.7 Å². The number of benzene rings is 2. The second-order valence-corrected chi connectivity index (χ2v) is 8.25. The molecule has 9 nitrogen and oxygen atoms in total. The maximum absolute atomic E-state index is 13.1. The number of hydrogen-bond donors (Lipinski definition) is 3. The number of H-pyrrole nitrogens is 1. The van der Waals surface area contributed by atoms with Gasteiger partial charge in [0.2, 0.25) is 0 Å². The predicted molar refractivity (Wildman–Crippen MR) is 137 cm³/mol. The minimum absolute atomic E-state index is 0.0636. The number of aromatic carboxylic acids is 1. The molecule has 9 heteroatoms. The Hall–Kier alpha value is -4.40. The summed E-state index contributed by atoms with van der Waals surface area (Å²) >= 11 is 0. The van der Waals surface area contributed by atoms with E-state index in [2.05, 4.69) is 40.7 Å². The summed E-state index contributed by atoms with van der Waals surface area (Å²) < 4.78 is 1.23. The number of amides is 1. The van der Waals surface area contributed by atoms with Gasteiger partial charge >= 0.3 is 5.97 Å². The molecule has 3 aromatic rings. The first-order chi connectivity index (χ1) is 16.8. The van der Waals surface area contributed by atoms with Gasteiger partial charge in [0.1, 0.15) is 11.5 Å². The summed E-state index contributed by atoms with van der Waals surface area (Å²) in [6.45, 7) is 10.2. The van der Waals surface area contributed by atoms with Gasteiger partial charge in [0, 0.05) is 24.4 Å². The van der Waals surface area contributed by atoms with Gasteiger partial charge in [0.25, 0.3) is 11.5 Å². The van der Waals surface area contributed by atoms with Crippen molar-refractivity contribution in [3.63, 3.8) is 0 Å². The molecule has 3 N–H and O–H groups in total. The molecule has 0 spiro atoms. The van der Waals surface area contributed by atoms with Crippen molar-refractivity contribution in [2.45, 2.75) is 26.7 Å². The molecule has 180 valence electrons. The molecule has 1 aromatic heterocycles. The molecule has 2 heterocycles. The van der Waals surface area contributed by atoms with E-state index >= 15 is 0 Å². The van der Waals surface area contributed by atoms with Crippen LogP contribution in [0.5, 0.6) is 0 Å². The average molecular weight is 474 g/mol. The van der Waals surface area contributed by atoms with Crippen molar-refractivity contribution in [3.8, 4) is 5.69 Å². The molecular weight excluding hydrogens is 446 g/mol. The summed E-state index contributed by atoms with van der Waals surface area (Å²) in [7, 11) is 0. The fraction of sp³-hybridized carbons (Fsp3) is 0.231. The number of hydrogen-bond acceptors (Lipinski definition) is 5. The summed E-state index contributed by atoms with van der Waals surface area (Å²) in [6.07, 6.45) is 2.09. The molecule has 1 amide bonds. The molecule has 0 saturated carbocycles. The van der Waals surface area contributed by atoms with Gasteiger partial charge in [-0.25, -0.2) is 14.5 Å². The van der Waals surface area contributed by atoms with E-state index in [1.54, 1.807) is 0 Å². The maximum atomic E-state index is 13.1. The van der Waals surface area contributed by atoms with Crippen molar-refractivity contribution in [2.24, 2.45) is 4.99 Å². The largest absolute Gasteiger partial charge is 0.478 e. The highest BCUT2D eigenvalue weighted by Gasteiger charge is 2.31. The molecular formula is C26H27N5O4. The van der Waals surface area contributed by atoms with E-state index in [9.17, 15) is 14.4 Å². The Bertz CT molecular complexity index is 1360. The molecule has 1 aliphatic heterocycles. The van der Waals surface area contributed by atoms with Gasteiger partial charge in [0.05, 0.1) is 22.5 Å². The Morgan fingerprint density at radius 1 is 1.03 bits per heavy atom. The van der Waals surface area contributed by atoms with Crippen LogP contribution in [-0.4, -0.2) is 45.6 Å². The Balaban J connectivity index is 1.64. The van der Waals surface area contributed by atoms with Gasteiger partial charge in [-0.2, -0.15) is 0 Å². The van der Waals surface area contributed by atoms with E-state index in [0.717, 1.165) is 31.6 Å². The van der Waals surface area contributed by atoms with Crippen LogP contribution in [0.1, 0.15) is 42.6 Å². The molecule has 0 aliphatic carbocycles. The highest BCUT2D eigenvalue weighted by Crippen LogP contribution is 2.28. The summed E-state index contributed by atoms with van der Waals surface area (Å²) in [4.78, 5) is 43.8. The number of rotatable bonds is 8. The zero-order chi connectivity index (χ0) is 25.1. The summed E-state index contributed by atoms with van der Waals surface area (Å²) in [6, 6.07) is 13.5. The molecule has 2 aromatic carbocycles. The molecule has 0 bridgehead atoms. The lowest BCUT2D eigenvalue weighted by atomic mass is 10.0. The average Bonchev–Trinajstić information content (AvgIpc) is 3.18. The third-order valence-electron chi connectivity index (χ3n) is 5.75. The highest BCUT2D eigenvalue weighted by atomic mass is 16.4. The molecule has 0 unspecified atom stereocenters. The SMILES string of the molecule is C=C1C(=Nc2ccc(N(CCC)CCC)cc2)C(=O)Nc2[nH]n(-c3ccc(C(=O)O)cc3)c(=O)c21. The van der Waals surface area contributed by atoms with Crippen molar-refractivity contribution in [3.05, 3.63) is 76.6 Å². The van der Waals surface area contributed by atoms with Crippen molar-refractivity contribution >= 4 is 40.4 Å². The second kappa shape index (κ2) is 9.84. The van der Waals surface area contributed by atoms with Crippen LogP contribution >= 0.6 is 0 Å². The number of carbonyl (C=O) groups excluding carboxylic acids is 1. The van der Waals surface area contributed by atoms with E-state index in [0.29, 0.717) is 11.4 Å². The Kier molecular flexibility index (Phi) is 6.68. The zero-order valence-electron chi connectivity index (χ0n) is 19.7. The number of fused-ring (bicyclic) bond motifs is 1. The minimum Gasteiger partial charge on any atom is -0.478 e. The van der Waals surface area contributed by atoms with Gasteiger partial charge in [-0.1, -0.05) is 20.4 Å². The third kappa shape index (κ3) is 4.65. The van der Waals surface area contributed by atoms with Crippen LogP contribution in [0.2, 0.25) is 0 Å². The minimum atomic E-state index is -1.06. The summed E-state index contributed by atoms with van der Waals surface area (Å²) in [5, 5.41) is 14.6. The van der Waals surface area contributed by atoms with Gasteiger partial charge in [-0.05, 0) is 61.4 Å². The molecule has 4 rings (SSSR count). The summed E-state index contributed by atoms with van der Waals surface area (Å²) in [5.41, 5.74) is 2.26. The molecule has 1 aliphatic rings. The fourth-order valence-corrected chi connectivity index (χ4v) is 4.07. The van der Waals surface area contributed by atoms with Crippen LogP contribution < -0.4 is 15.8 Å². The first kappa shape index (κ1) is 23.7. The van der Waals surface area contributed by atoms with Crippen LogP contribution in [0.4, 0.5) is 17.2 Å². The summed E-state index contributed by atoms with van der Waals surface area (Å²) in [5.74, 6) is -1.32. The smallest absolute Gasteiger partial charge is 0.335 e. The number of aromatic nitrogens is 2. The molecule has 0 fully saturated rings. The first-order valence-electron chi connectivity index (χ1n) is 11.5. The first-order valence-corrected chi connectivity index (χ1v) is 11.5. The molecule has 35 heavy (non-hydrogen) atoms. The molecule has 0 radical (unpaired) electrons. The highest BCUT2D eigenvalue weighted by molar-refractivity contribution is 6.60. The number of aliphatic imine (C=N–C) groups is 1. The standard InChI is InChI=1S/C26H27N5O4/c1-4-14-30(15-5-2)19-12-8-18(9-13-19)27-22-16(3)21-23(28-24(22)32)29-31(25(21)33)20-10-6-17(7-11-20)26(34)35/h6-13,29H,3-5,14-15H2,1-2H3,(H,28,32)(H,34,35). The van der Waals surface area contributed by atoms with E-state index in [4.69, 9.17) is 5.11 Å². The van der Waals surface area contributed by atoms with Crippen LogP contribution in [0.15, 0.2) is 64.9 Å². The van der Waals surface area contributed by atoms with Crippen molar-refractivity contribution < 1.29 is 14.7 Å². The molecule has 0 atom stereocenters. The number of carboxylic acid groups (broad SMARTS) is 1. The normalized spacial score (nSPS) is 14.1. The lowest BCUT2D eigenvalue weighted by Crippen LogP contribution is -2.30. The molecule has 0 saturated heterocycles. The number of nitrogens with one attached hydrogen (secondary N) is 2. The van der Waals surface area contributed by atoms with E-state index in [-0.39, 0.29) is 28.2 Å². The van der Waals surface area contributed by atoms with Crippen LogP contribution in [0, 0.1) is 0 Å². The predicted octanol–water partition coefficient (Wildman–Crippen LogP) is 4.23.